The molecule has 1 heterocycles. The average molecular weight is 486 g/mol. The van der Waals surface area contributed by atoms with Gasteiger partial charge in [0, 0.05) is 30.3 Å². The van der Waals surface area contributed by atoms with E-state index in [0.29, 0.717) is 23.1 Å². The molecule has 0 radical (unpaired) electrons. The average Bonchev–Trinajstić information content (AvgIpc) is 3.32. The van der Waals surface area contributed by atoms with Crippen molar-refractivity contribution in [2.24, 2.45) is 0 Å². The van der Waals surface area contributed by atoms with E-state index in [1.165, 1.54) is 10.5 Å². The maximum atomic E-state index is 12.8. The Balaban J connectivity index is 1.42. The van der Waals surface area contributed by atoms with Crippen molar-refractivity contribution in [2.75, 3.05) is 39.2 Å². The molecule has 1 aliphatic rings. The Bertz CT molecular complexity index is 981. The number of esters is 1. The number of amides is 2. The van der Waals surface area contributed by atoms with Crippen molar-refractivity contribution < 1.29 is 23.9 Å². The van der Waals surface area contributed by atoms with Gasteiger partial charge in [0.1, 0.15) is 5.75 Å². The highest BCUT2D eigenvalue weighted by Gasteiger charge is 2.32. The number of carbonyl (C=O) groups is 3. The summed E-state index contributed by atoms with van der Waals surface area (Å²) in [5.41, 5.74) is 2.18. The van der Waals surface area contributed by atoms with Crippen molar-refractivity contribution in [1.82, 2.24) is 10.2 Å². The van der Waals surface area contributed by atoms with Gasteiger partial charge in [0.15, 0.2) is 0 Å². The van der Waals surface area contributed by atoms with Gasteiger partial charge in [0.05, 0.1) is 31.9 Å². The van der Waals surface area contributed by atoms with Gasteiger partial charge in [-0.3, -0.25) is 9.59 Å². The van der Waals surface area contributed by atoms with Crippen molar-refractivity contribution >= 4 is 35.2 Å². The van der Waals surface area contributed by atoms with Gasteiger partial charge in [0.25, 0.3) is 0 Å². The zero-order valence-electron chi connectivity index (χ0n) is 19.7. The maximum Gasteiger partial charge on any atom is 0.338 e. The van der Waals surface area contributed by atoms with Gasteiger partial charge in [-0.1, -0.05) is 12.1 Å². The minimum Gasteiger partial charge on any atom is -0.497 e. The minimum absolute atomic E-state index is 0.0553. The standard InChI is InChI=1S/C25H31N3O5S/c1-4-33-25(31)18-7-9-19(10-8-18)27-23(29)15-28(2)24(30)22-13-21(14-26-22)34-16-17-5-11-20(32-3)12-6-17/h5-12,21-22,26H,4,13-16H2,1-3H3,(H,27,29)/t21-,22+/m1/s1. The lowest BCUT2D eigenvalue weighted by atomic mass is 10.2. The molecule has 0 saturated carbocycles. The summed E-state index contributed by atoms with van der Waals surface area (Å²) in [6.45, 7) is 2.74. The largest absolute Gasteiger partial charge is 0.497 e. The SMILES string of the molecule is CCOC(=O)c1ccc(NC(=O)CN(C)C(=O)[C@@H]2C[C@@H](SCc3ccc(OC)cc3)CN2)cc1. The molecule has 1 saturated heterocycles. The van der Waals surface area contributed by atoms with Gasteiger partial charge in [-0.25, -0.2) is 4.79 Å². The molecular weight excluding hydrogens is 454 g/mol. The number of hydrogen-bond acceptors (Lipinski definition) is 7. The topological polar surface area (TPSA) is 97.0 Å². The van der Waals surface area contributed by atoms with E-state index in [0.717, 1.165) is 24.5 Å². The summed E-state index contributed by atoms with van der Waals surface area (Å²) in [5, 5.41) is 6.37. The van der Waals surface area contributed by atoms with Crippen LogP contribution in [0.2, 0.25) is 0 Å². The number of rotatable bonds is 10. The summed E-state index contributed by atoms with van der Waals surface area (Å²) in [7, 11) is 3.28. The molecule has 1 fully saturated rings. The van der Waals surface area contributed by atoms with Gasteiger partial charge in [-0.15, -0.1) is 0 Å². The lowest BCUT2D eigenvalue weighted by Gasteiger charge is -2.21. The van der Waals surface area contributed by atoms with Crippen molar-refractivity contribution in [3.63, 3.8) is 0 Å². The number of likely N-dealkylation sites (N-methyl/N-ethyl adjacent to an activating group) is 1. The first-order chi connectivity index (χ1) is 16.4. The summed E-state index contributed by atoms with van der Waals surface area (Å²) >= 11 is 1.82. The number of nitrogens with zero attached hydrogens (tertiary/aromatic N) is 1. The second-order valence-electron chi connectivity index (χ2n) is 8.02. The van der Waals surface area contributed by atoms with Crippen LogP contribution in [0.4, 0.5) is 5.69 Å². The predicted octanol–water partition coefficient (Wildman–Crippen LogP) is 2.93. The van der Waals surface area contributed by atoms with Gasteiger partial charge in [-0.05, 0) is 55.3 Å². The van der Waals surface area contributed by atoms with Crippen molar-refractivity contribution in [1.29, 1.82) is 0 Å². The van der Waals surface area contributed by atoms with Crippen molar-refractivity contribution in [3.05, 3.63) is 59.7 Å². The summed E-state index contributed by atoms with van der Waals surface area (Å²) in [6.07, 6.45) is 0.723. The van der Waals surface area contributed by atoms with Crippen LogP contribution in [-0.4, -0.2) is 67.8 Å². The van der Waals surface area contributed by atoms with Gasteiger partial charge >= 0.3 is 5.97 Å². The zero-order chi connectivity index (χ0) is 24.5. The smallest absolute Gasteiger partial charge is 0.338 e. The number of methoxy groups -OCH3 is 1. The van der Waals surface area contributed by atoms with E-state index >= 15 is 0 Å². The molecule has 2 N–H and O–H groups in total. The normalized spacial score (nSPS) is 17.1. The first kappa shape index (κ1) is 25.6. The molecule has 3 rings (SSSR count). The Morgan fingerprint density at radius 1 is 1.12 bits per heavy atom. The molecule has 0 spiro atoms. The number of thioether (sulfide) groups is 1. The Hall–Kier alpha value is -3.04. The van der Waals surface area contributed by atoms with E-state index in [4.69, 9.17) is 9.47 Å². The number of carbonyl (C=O) groups excluding carboxylic acids is 3. The summed E-state index contributed by atoms with van der Waals surface area (Å²) in [4.78, 5) is 38.4. The Morgan fingerprint density at radius 3 is 2.47 bits per heavy atom. The summed E-state index contributed by atoms with van der Waals surface area (Å²) < 4.78 is 10.1. The van der Waals surface area contributed by atoms with Crippen LogP contribution < -0.4 is 15.4 Å². The molecule has 9 heteroatoms. The molecule has 182 valence electrons. The first-order valence-corrected chi connectivity index (χ1v) is 12.2. The molecule has 0 aromatic heterocycles. The highest BCUT2D eigenvalue weighted by Crippen LogP contribution is 2.26. The zero-order valence-corrected chi connectivity index (χ0v) is 20.5. The Morgan fingerprint density at radius 2 is 1.82 bits per heavy atom. The van der Waals surface area contributed by atoms with Gasteiger partial charge < -0.3 is 25.0 Å². The van der Waals surface area contributed by atoms with Gasteiger partial charge in [-0.2, -0.15) is 11.8 Å². The van der Waals surface area contributed by atoms with Crippen LogP contribution >= 0.6 is 11.8 Å². The molecule has 2 aromatic rings. The summed E-state index contributed by atoms with van der Waals surface area (Å²) in [5.74, 6) is 0.895. The van der Waals surface area contributed by atoms with E-state index in [1.54, 1.807) is 45.3 Å². The second-order valence-corrected chi connectivity index (χ2v) is 9.31. The van der Waals surface area contributed by atoms with Crippen LogP contribution in [-0.2, 0) is 20.1 Å². The Labute approximate surface area is 204 Å². The maximum absolute atomic E-state index is 12.8. The summed E-state index contributed by atoms with van der Waals surface area (Å²) in [6, 6.07) is 14.2. The van der Waals surface area contributed by atoms with Crippen LogP contribution in [0.1, 0.15) is 29.3 Å². The monoisotopic (exact) mass is 485 g/mol. The van der Waals surface area contributed by atoms with Crippen LogP contribution in [0.15, 0.2) is 48.5 Å². The molecule has 0 aliphatic carbocycles. The van der Waals surface area contributed by atoms with E-state index in [9.17, 15) is 14.4 Å². The van der Waals surface area contributed by atoms with Gasteiger partial charge in [0.2, 0.25) is 11.8 Å². The van der Waals surface area contributed by atoms with Crippen LogP contribution in [0.3, 0.4) is 0 Å². The van der Waals surface area contributed by atoms with E-state index in [1.807, 2.05) is 36.0 Å². The van der Waals surface area contributed by atoms with E-state index in [-0.39, 0.29) is 24.4 Å². The molecule has 1 aliphatic heterocycles. The number of benzene rings is 2. The number of anilines is 1. The first-order valence-electron chi connectivity index (χ1n) is 11.2. The lowest BCUT2D eigenvalue weighted by molar-refractivity contribution is -0.134. The molecule has 0 unspecified atom stereocenters. The minimum atomic E-state index is -0.407. The molecule has 2 atom stereocenters. The van der Waals surface area contributed by atoms with Crippen molar-refractivity contribution in [2.45, 2.75) is 30.4 Å². The molecule has 34 heavy (non-hydrogen) atoms. The van der Waals surface area contributed by atoms with Crippen molar-refractivity contribution in [3.8, 4) is 5.75 Å². The van der Waals surface area contributed by atoms with E-state index < -0.39 is 5.97 Å². The molecule has 0 bridgehead atoms. The number of nitrogens with one attached hydrogen (secondary N) is 2. The highest BCUT2D eigenvalue weighted by molar-refractivity contribution is 7.99. The van der Waals surface area contributed by atoms with E-state index in [2.05, 4.69) is 10.6 Å². The fraction of sp³-hybridized carbons (Fsp3) is 0.400. The third-order valence-corrected chi connectivity index (χ3v) is 6.80. The van der Waals surface area contributed by atoms with Crippen LogP contribution in [0.5, 0.6) is 5.75 Å². The third kappa shape index (κ3) is 7.23. The number of hydrogen-bond donors (Lipinski definition) is 2. The predicted molar refractivity (Wildman–Crippen MR) is 133 cm³/mol. The fourth-order valence-corrected chi connectivity index (χ4v) is 4.78. The highest BCUT2D eigenvalue weighted by atomic mass is 32.2. The third-order valence-electron chi connectivity index (χ3n) is 5.47. The lowest BCUT2D eigenvalue weighted by Crippen LogP contribution is -2.44. The fourth-order valence-electron chi connectivity index (χ4n) is 3.62. The van der Waals surface area contributed by atoms with Crippen LogP contribution in [0, 0.1) is 0 Å². The Kier molecular flexibility index (Phi) is 9.35. The number of ether oxygens (including phenoxy) is 2. The molecular formula is C25H31N3O5S. The molecule has 8 nitrogen and oxygen atoms in total. The van der Waals surface area contributed by atoms with Crippen LogP contribution in [0.25, 0.3) is 0 Å². The molecule has 2 amide bonds. The molecule has 2 aromatic carbocycles. The second kappa shape index (κ2) is 12.4. The quantitative estimate of drug-likeness (QED) is 0.500.